The first kappa shape index (κ1) is 11.0. The zero-order chi connectivity index (χ0) is 9.52. The summed E-state index contributed by atoms with van der Waals surface area (Å²) < 4.78 is 5.01. The van der Waals surface area contributed by atoms with E-state index in [1.807, 2.05) is 0 Å². The van der Waals surface area contributed by atoms with E-state index in [0.717, 1.165) is 31.5 Å². The first-order valence-corrected chi connectivity index (χ1v) is 5.55. The van der Waals surface area contributed by atoms with Crippen molar-refractivity contribution in [2.75, 3.05) is 20.3 Å². The van der Waals surface area contributed by atoms with E-state index < -0.39 is 0 Å². The molecular formula is C11H23NO. The van der Waals surface area contributed by atoms with Gasteiger partial charge in [0.2, 0.25) is 0 Å². The molecule has 1 saturated carbocycles. The number of hydrogen-bond acceptors (Lipinski definition) is 2. The predicted molar refractivity (Wildman–Crippen MR) is 55.9 cm³/mol. The minimum absolute atomic E-state index is 0.785. The van der Waals surface area contributed by atoms with Gasteiger partial charge in [0.25, 0.3) is 0 Å². The van der Waals surface area contributed by atoms with Crippen LogP contribution in [0.4, 0.5) is 0 Å². The van der Waals surface area contributed by atoms with Crippen LogP contribution in [0.15, 0.2) is 0 Å². The largest absolute Gasteiger partial charge is 0.385 e. The molecule has 1 rings (SSSR count). The minimum atomic E-state index is 0.785. The van der Waals surface area contributed by atoms with Gasteiger partial charge in [0, 0.05) is 19.8 Å². The van der Waals surface area contributed by atoms with E-state index >= 15 is 0 Å². The molecule has 0 aromatic rings. The summed E-state index contributed by atoms with van der Waals surface area (Å²) in [5.41, 5.74) is 0. The van der Waals surface area contributed by atoms with E-state index in [2.05, 4.69) is 12.2 Å². The van der Waals surface area contributed by atoms with Crippen molar-refractivity contribution in [2.24, 2.45) is 5.92 Å². The van der Waals surface area contributed by atoms with Crippen LogP contribution in [0.1, 0.15) is 39.0 Å². The second kappa shape index (κ2) is 6.39. The van der Waals surface area contributed by atoms with Gasteiger partial charge in [0.1, 0.15) is 0 Å². The molecule has 0 spiro atoms. The summed E-state index contributed by atoms with van der Waals surface area (Å²) in [6.07, 6.45) is 6.69. The van der Waals surface area contributed by atoms with Gasteiger partial charge >= 0.3 is 0 Å². The van der Waals surface area contributed by atoms with E-state index in [4.69, 9.17) is 4.74 Å². The first-order chi connectivity index (χ1) is 6.33. The van der Waals surface area contributed by atoms with Crippen LogP contribution >= 0.6 is 0 Å². The molecule has 0 atom stereocenters. The van der Waals surface area contributed by atoms with Crippen molar-refractivity contribution in [3.63, 3.8) is 0 Å². The molecule has 2 heteroatoms. The fourth-order valence-electron chi connectivity index (χ4n) is 1.99. The summed E-state index contributed by atoms with van der Waals surface area (Å²) in [4.78, 5) is 0. The highest BCUT2D eigenvalue weighted by Crippen LogP contribution is 2.23. The smallest absolute Gasteiger partial charge is 0.0474 e. The zero-order valence-corrected chi connectivity index (χ0v) is 9.01. The molecule has 0 aromatic heterocycles. The SMILES string of the molecule is COCCCNC1CCC(C)CC1. The first-order valence-electron chi connectivity index (χ1n) is 5.55. The monoisotopic (exact) mass is 185 g/mol. The van der Waals surface area contributed by atoms with Crippen LogP contribution in [0.5, 0.6) is 0 Å². The lowest BCUT2D eigenvalue weighted by atomic mass is 9.87. The fourth-order valence-corrected chi connectivity index (χ4v) is 1.99. The lowest BCUT2D eigenvalue weighted by Crippen LogP contribution is -2.33. The summed E-state index contributed by atoms with van der Waals surface area (Å²) in [6, 6.07) is 0.785. The maximum Gasteiger partial charge on any atom is 0.0474 e. The molecule has 1 fully saturated rings. The van der Waals surface area contributed by atoms with Crippen molar-refractivity contribution in [1.82, 2.24) is 5.32 Å². The molecule has 0 radical (unpaired) electrons. The summed E-state index contributed by atoms with van der Waals surface area (Å²) in [5, 5.41) is 3.60. The number of hydrogen-bond donors (Lipinski definition) is 1. The molecule has 1 aliphatic carbocycles. The maximum absolute atomic E-state index is 5.01. The molecule has 1 aliphatic rings. The standard InChI is InChI=1S/C11H23NO/c1-10-4-6-11(7-5-10)12-8-3-9-13-2/h10-12H,3-9H2,1-2H3. The number of methoxy groups -OCH3 is 1. The average Bonchev–Trinajstić information content (AvgIpc) is 2.15. The number of ether oxygens (including phenoxy) is 1. The van der Waals surface area contributed by atoms with Gasteiger partial charge in [-0.25, -0.2) is 0 Å². The van der Waals surface area contributed by atoms with Crippen LogP contribution in [-0.4, -0.2) is 26.3 Å². The number of nitrogens with one attached hydrogen (secondary N) is 1. The Kier molecular flexibility index (Phi) is 5.40. The molecule has 0 saturated heterocycles. The van der Waals surface area contributed by atoms with Gasteiger partial charge in [0.15, 0.2) is 0 Å². The van der Waals surface area contributed by atoms with Gasteiger partial charge in [-0.1, -0.05) is 6.92 Å². The summed E-state index contributed by atoms with van der Waals surface area (Å²) in [5.74, 6) is 0.956. The quantitative estimate of drug-likeness (QED) is 0.663. The Labute approximate surface area is 82.0 Å². The highest BCUT2D eigenvalue weighted by atomic mass is 16.5. The van der Waals surface area contributed by atoms with Crippen molar-refractivity contribution in [3.05, 3.63) is 0 Å². The van der Waals surface area contributed by atoms with Crippen molar-refractivity contribution in [3.8, 4) is 0 Å². The van der Waals surface area contributed by atoms with E-state index in [1.54, 1.807) is 7.11 Å². The van der Waals surface area contributed by atoms with E-state index in [1.165, 1.54) is 25.7 Å². The van der Waals surface area contributed by atoms with E-state index in [0.29, 0.717) is 0 Å². The fraction of sp³-hybridized carbons (Fsp3) is 1.00. The van der Waals surface area contributed by atoms with Crippen molar-refractivity contribution in [1.29, 1.82) is 0 Å². The van der Waals surface area contributed by atoms with Crippen LogP contribution in [0.25, 0.3) is 0 Å². The van der Waals surface area contributed by atoms with Crippen molar-refractivity contribution < 1.29 is 4.74 Å². The van der Waals surface area contributed by atoms with Gasteiger partial charge in [-0.3, -0.25) is 0 Å². The van der Waals surface area contributed by atoms with E-state index in [9.17, 15) is 0 Å². The summed E-state index contributed by atoms with van der Waals surface area (Å²) >= 11 is 0. The van der Waals surface area contributed by atoms with Gasteiger partial charge in [-0.05, 0) is 44.6 Å². The van der Waals surface area contributed by atoms with Crippen LogP contribution in [-0.2, 0) is 4.74 Å². The van der Waals surface area contributed by atoms with Gasteiger partial charge in [-0.15, -0.1) is 0 Å². The molecule has 13 heavy (non-hydrogen) atoms. The Morgan fingerprint density at radius 1 is 1.23 bits per heavy atom. The van der Waals surface area contributed by atoms with Crippen molar-refractivity contribution in [2.45, 2.75) is 45.1 Å². The topological polar surface area (TPSA) is 21.3 Å². The maximum atomic E-state index is 5.01. The lowest BCUT2D eigenvalue weighted by molar-refractivity contribution is 0.191. The van der Waals surface area contributed by atoms with Gasteiger partial charge in [-0.2, -0.15) is 0 Å². The molecular weight excluding hydrogens is 162 g/mol. The van der Waals surface area contributed by atoms with E-state index in [-0.39, 0.29) is 0 Å². The predicted octanol–water partition coefficient (Wildman–Crippen LogP) is 2.19. The van der Waals surface area contributed by atoms with Gasteiger partial charge in [0.05, 0.1) is 0 Å². The Bertz CT molecular complexity index is 119. The zero-order valence-electron chi connectivity index (χ0n) is 9.01. The van der Waals surface area contributed by atoms with Crippen LogP contribution < -0.4 is 5.32 Å². The Hall–Kier alpha value is -0.0800. The Balaban J connectivity index is 1.96. The van der Waals surface area contributed by atoms with Crippen LogP contribution in [0, 0.1) is 5.92 Å². The third-order valence-electron chi connectivity index (χ3n) is 2.97. The highest BCUT2D eigenvalue weighted by Gasteiger charge is 2.16. The molecule has 0 unspecified atom stereocenters. The molecule has 0 heterocycles. The molecule has 1 N–H and O–H groups in total. The molecule has 2 nitrogen and oxygen atoms in total. The molecule has 0 aliphatic heterocycles. The third-order valence-corrected chi connectivity index (χ3v) is 2.97. The summed E-state index contributed by atoms with van der Waals surface area (Å²) in [6.45, 7) is 4.37. The molecule has 0 bridgehead atoms. The highest BCUT2D eigenvalue weighted by molar-refractivity contribution is 4.74. The summed E-state index contributed by atoms with van der Waals surface area (Å²) in [7, 11) is 1.77. The minimum Gasteiger partial charge on any atom is -0.385 e. The van der Waals surface area contributed by atoms with Crippen molar-refractivity contribution >= 4 is 0 Å². The van der Waals surface area contributed by atoms with Crippen LogP contribution in [0.3, 0.4) is 0 Å². The van der Waals surface area contributed by atoms with Gasteiger partial charge < -0.3 is 10.1 Å². The number of rotatable bonds is 5. The average molecular weight is 185 g/mol. The normalized spacial score (nSPS) is 29.1. The van der Waals surface area contributed by atoms with Crippen LogP contribution in [0.2, 0.25) is 0 Å². The second-order valence-corrected chi connectivity index (χ2v) is 4.26. The Morgan fingerprint density at radius 2 is 1.92 bits per heavy atom. The Morgan fingerprint density at radius 3 is 2.54 bits per heavy atom. The third kappa shape index (κ3) is 4.63. The molecule has 0 aromatic carbocycles. The second-order valence-electron chi connectivity index (χ2n) is 4.26. The molecule has 78 valence electrons. The lowest BCUT2D eigenvalue weighted by Gasteiger charge is -2.26. The molecule has 0 amide bonds.